The normalized spacial score (nSPS) is 12.7. The van der Waals surface area contributed by atoms with Gasteiger partial charge < -0.3 is 9.73 Å². The predicted molar refractivity (Wildman–Crippen MR) is 76.0 cm³/mol. The summed E-state index contributed by atoms with van der Waals surface area (Å²) in [7, 11) is 0. The maximum absolute atomic E-state index is 5.35. The largest absolute Gasteiger partial charge is 0.469 e. The van der Waals surface area contributed by atoms with E-state index in [0.717, 1.165) is 12.2 Å². The first-order valence-electron chi connectivity index (χ1n) is 6.54. The summed E-state index contributed by atoms with van der Waals surface area (Å²) < 4.78 is 5.35. The first-order chi connectivity index (χ1) is 8.65. The Balaban J connectivity index is 1.92. The van der Waals surface area contributed by atoms with Crippen LogP contribution in [0.5, 0.6) is 0 Å². The molecule has 96 valence electrons. The summed E-state index contributed by atoms with van der Waals surface area (Å²) in [6.45, 7) is 6.59. The Hall–Kier alpha value is -1.70. The number of benzene rings is 1. The van der Waals surface area contributed by atoms with E-state index in [9.17, 15) is 0 Å². The van der Waals surface area contributed by atoms with Crippen molar-refractivity contribution in [2.45, 2.75) is 39.2 Å². The molecule has 1 N–H and O–H groups in total. The van der Waals surface area contributed by atoms with Gasteiger partial charge >= 0.3 is 0 Å². The fraction of sp³-hybridized carbons (Fsp3) is 0.375. The molecule has 1 aromatic heterocycles. The van der Waals surface area contributed by atoms with Crippen molar-refractivity contribution in [2.75, 3.05) is 5.32 Å². The Kier molecular flexibility index (Phi) is 4.08. The molecule has 1 atom stereocenters. The average Bonchev–Trinajstić information content (AvgIpc) is 2.82. The van der Waals surface area contributed by atoms with Crippen molar-refractivity contribution in [3.8, 4) is 0 Å². The van der Waals surface area contributed by atoms with E-state index in [1.54, 1.807) is 6.26 Å². The van der Waals surface area contributed by atoms with Crippen molar-refractivity contribution >= 4 is 5.69 Å². The molecular weight excluding hydrogens is 222 g/mol. The number of furan rings is 1. The Morgan fingerprint density at radius 2 is 1.78 bits per heavy atom. The van der Waals surface area contributed by atoms with E-state index in [1.165, 1.54) is 11.3 Å². The number of hydrogen-bond acceptors (Lipinski definition) is 2. The third-order valence-corrected chi connectivity index (χ3v) is 3.08. The van der Waals surface area contributed by atoms with Crippen LogP contribution in [0.1, 0.15) is 38.0 Å². The van der Waals surface area contributed by atoms with E-state index in [-0.39, 0.29) is 0 Å². The van der Waals surface area contributed by atoms with E-state index in [0.29, 0.717) is 12.0 Å². The van der Waals surface area contributed by atoms with Crippen molar-refractivity contribution in [3.05, 3.63) is 54.0 Å². The molecule has 0 saturated heterocycles. The van der Waals surface area contributed by atoms with Crippen LogP contribution in [0.2, 0.25) is 0 Å². The second kappa shape index (κ2) is 5.76. The Morgan fingerprint density at radius 3 is 2.33 bits per heavy atom. The highest BCUT2D eigenvalue weighted by Crippen LogP contribution is 2.18. The highest BCUT2D eigenvalue weighted by Gasteiger charge is 2.06. The second-order valence-corrected chi connectivity index (χ2v) is 5.11. The maximum Gasteiger partial charge on any atom is 0.105 e. The summed E-state index contributed by atoms with van der Waals surface area (Å²) in [5, 5.41) is 3.49. The molecule has 0 spiro atoms. The van der Waals surface area contributed by atoms with Gasteiger partial charge in [0.05, 0.1) is 6.26 Å². The number of nitrogens with one attached hydrogen (secondary N) is 1. The number of anilines is 1. The van der Waals surface area contributed by atoms with Crippen LogP contribution in [0.3, 0.4) is 0 Å². The van der Waals surface area contributed by atoms with Crippen LogP contribution >= 0.6 is 0 Å². The summed E-state index contributed by atoms with van der Waals surface area (Å²) in [5.41, 5.74) is 2.54. The first-order valence-corrected chi connectivity index (χ1v) is 6.54. The first kappa shape index (κ1) is 12.7. The zero-order chi connectivity index (χ0) is 13.0. The minimum atomic E-state index is 0.362. The molecule has 2 rings (SSSR count). The third kappa shape index (κ3) is 3.39. The molecule has 2 heteroatoms. The molecule has 2 aromatic rings. The predicted octanol–water partition coefficient (Wildman–Crippen LogP) is 4.45. The fourth-order valence-electron chi connectivity index (χ4n) is 2.03. The highest BCUT2D eigenvalue weighted by atomic mass is 16.3. The zero-order valence-electron chi connectivity index (χ0n) is 11.3. The number of hydrogen-bond donors (Lipinski definition) is 1. The van der Waals surface area contributed by atoms with Crippen LogP contribution in [-0.4, -0.2) is 6.04 Å². The number of rotatable bonds is 5. The smallest absolute Gasteiger partial charge is 0.105 e. The lowest BCUT2D eigenvalue weighted by Crippen LogP contribution is -2.17. The van der Waals surface area contributed by atoms with Crippen molar-refractivity contribution in [3.63, 3.8) is 0 Å². The molecule has 0 radical (unpaired) electrons. The topological polar surface area (TPSA) is 25.2 Å². The lowest BCUT2D eigenvalue weighted by molar-refractivity contribution is 0.498. The van der Waals surface area contributed by atoms with E-state index >= 15 is 0 Å². The van der Waals surface area contributed by atoms with Crippen molar-refractivity contribution < 1.29 is 4.42 Å². The van der Waals surface area contributed by atoms with E-state index in [2.05, 4.69) is 50.4 Å². The Bertz CT molecular complexity index is 456. The molecule has 18 heavy (non-hydrogen) atoms. The van der Waals surface area contributed by atoms with Crippen LogP contribution in [0, 0.1) is 0 Å². The molecule has 2 nitrogen and oxygen atoms in total. The van der Waals surface area contributed by atoms with Gasteiger partial charge in [0.1, 0.15) is 5.76 Å². The Labute approximate surface area is 109 Å². The molecule has 0 fully saturated rings. The molecule has 0 aliphatic rings. The van der Waals surface area contributed by atoms with Gasteiger partial charge in [-0.05, 0) is 42.7 Å². The molecule has 1 unspecified atom stereocenters. The van der Waals surface area contributed by atoms with E-state index < -0.39 is 0 Å². The zero-order valence-corrected chi connectivity index (χ0v) is 11.3. The van der Waals surface area contributed by atoms with Crippen LogP contribution < -0.4 is 5.32 Å². The SMILES string of the molecule is CC(Cc1ccco1)Nc1ccc(C(C)C)cc1. The standard InChI is InChI=1S/C16H21NO/c1-12(2)14-6-8-15(9-7-14)17-13(3)11-16-5-4-10-18-16/h4-10,12-13,17H,11H2,1-3H3. The van der Waals surface area contributed by atoms with Gasteiger partial charge in [-0.15, -0.1) is 0 Å². The molecule has 0 saturated carbocycles. The molecule has 1 heterocycles. The lowest BCUT2D eigenvalue weighted by Gasteiger charge is -2.15. The quantitative estimate of drug-likeness (QED) is 0.839. The van der Waals surface area contributed by atoms with Crippen molar-refractivity contribution in [2.24, 2.45) is 0 Å². The molecule has 0 aliphatic carbocycles. The van der Waals surface area contributed by atoms with Gasteiger partial charge in [0.15, 0.2) is 0 Å². The summed E-state index contributed by atoms with van der Waals surface area (Å²) in [4.78, 5) is 0. The van der Waals surface area contributed by atoms with Gasteiger partial charge in [0, 0.05) is 18.2 Å². The summed E-state index contributed by atoms with van der Waals surface area (Å²) >= 11 is 0. The molecule has 0 aliphatic heterocycles. The summed E-state index contributed by atoms with van der Waals surface area (Å²) in [6.07, 6.45) is 2.62. The van der Waals surface area contributed by atoms with E-state index in [4.69, 9.17) is 4.42 Å². The summed E-state index contributed by atoms with van der Waals surface area (Å²) in [6, 6.07) is 13.0. The monoisotopic (exact) mass is 243 g/mol. The molecule has 0 bridgehead atoms. The second-order valence-electron chi connectivity index (χ2n) is 5.11. The average molecular weight is 243 g/mol. The van der Waals surface area contributed by atoms with E-state index in [1.807, 2.05) is 12.1 Å². The van der Waals surface area contributed by atoms with Crippen LogP contribution in [0.4, 0.5) is 5.69 Å². The summed E-state index contributed by atoms with van der Waals surface area (Å²) in [5.74, 6) is 1.60. The Morgan fingerprint density at radius 1 is 1.06 bits per heavy atom. The van der Waals surface area contributed by atoms with Gasteiger partial charge in [-0.1, -0.05) is 26.0 Å². The van der Waals surface area contributed by atoms with Crippen molar-refractivity contribution in [1.82, 2.24) is 0 Å². The maximum atomic E-state index is 5.35. The minimum absolute atomic E-state index is 0.362. The van der Waals surface area contributed by atoms with Gasteiger partial charge in [-0.2, -0.15) is 0 Å². The van der Waals surface area contributed by atoms with Crippen LogP contribution in [0.15, 0.2) is 47.1 Å². The molecule has 0 amide bonds. The molecule has 1 aromatic carbocycles. The van der Waals surface area contributed by atoms with Gasteiger partial charge in [0.2, 0.25) is 0 Å². The van der Waals surface area contributed by atoms with Crippen molar-refractivity contribution in [1.29, 1.82) is 0 Å². The van der Waals surface area contributed by atoms with Gasteiger partial charge in [0.25, 0.3) is 0 Å². The van der Waals surface area contributed by atoms with Crippen LogP contribution in [-0.2, 0) is 6.42 Å². The third-order valence-electron chi connectivity index (χ3n) is 3.08. The lowest BCUT2D eigenvalue weighted by atomic mass is 10.0. The minimum Gasteiger partial charge on any atom is -0.469 e. The van der Waals surface area contributed by atoms with Gasteiger partial charge in [-0.3, -0.25) is 0 Å². The fourth-order valence-corrected chi connectivity index (χ4v) is 2.03. The van der Waals surface area contributed by atoms with Gasteiger partial charge in [-0.25, -0.2) is 0 Å². The highest BCUT2D eigenvalue weighted by molar-refractivity contribution is 5.46. The molecular formula is C16H21NO. The van der Waals surface area contributed by atoms with Crippen LogP contribution in [0.25, 0.3) is 0 Å².